The minimum atomic E-state index is 0.0732. The van der Waals surface area contributed by atoms with Crippen molar-refractivity contribution in [2.24, 2.45) is 0 Å². The Labute approximate surface area is 149 Å². The summed E-state index contributed by atoms with van der Waals surface area (Å²) in [5.41, 5.74) is 3.56. The fourth-order valence-electron chi connectivity index (χ4n) is 2.51. The fraction of sp³-hybridized carbons (Fsp3) is 0.250. The number of alkyl halides is 1. The third-order valence-electron chi connectivity index (χ3n) is 3.52. The Morgan fingerprint density at radius 2 is 2.00 bits per heavy atom. The zero-order valence-electron chi connectivity index (χ0n) is 11.3. The van der Waals surface area contributed by atoms with Gasteiger partial charge in [-0.15, -0.1) is 0 Å². The predicted molar refractivity (Wildman–Crippen MR) is 94.8 cm³/mol. The molecule has 1 unspecified atom stereocenters. The quantitative estimate of drug-likeness (QED) is 0.534. The summed E-state index contributed by atoms with van der Waals surface area (Å²) in [5, 5.41) is 0. The van der Waals surface area contributed by atoms with E-state index in [1.807, 2.05) is 6.07 Å². The molecule has 0 bridgehead atoms. The van der Waals surface area contributed by atoms with Gasteiger partial charge >= 0.3 is 0 Å². The Kier molecular flexibility index (Phi) is 4.62. The molecule has 1 aliphatic heterocycles. The van der Waals surface area contributed by atoms with E-state index in [1.54, 1.807) is 7.11 Å². The van der Waals surface area contributed by atoms with Crippen molar-refractivity contribution in [3.05, 3.63) is 56.0 Å². The molecule has 3 rings (SSSR count). The fourth-order valence-corrected chi connectivity index (χ4v) is 4.21. The van der Waals surface area contributed by atoms with E-state index in [4.69, 9.17) is 9.47 Å². The molecule has 0 saturated carbocycles. The molecular weight excluding hydrogens is 464 g/mol. The molecule has 0 aliphatic carbocycles. The van der Waals surface area contributed by atoms with Crippen LogP contribution in [0.2, 0.25) is 0 Å². The molecule has 1 heterocycles. The molecule has 0 aromatic heterocycles. The van der Waals surface area contributed by atoms with E-state index in [0.717, 1.165) is 44.6 Å². The highest BCUT2D eigenvalue weighted by atomic mass is 79.9. The van der Waals surface area contributed by atoms with Gasteiger partial charge in [0.1, 0.15) is 11.5 Å². The van der Waals surface area contributed by atoms with Crippen molar-refractivity contribution in [1.29, 1.82) is 0 Å². The number of benzene rings is 2. The average molecular weight is 477 g/mol. The van der Waals surface area contributed by atoms with Crippen molar-refractivity contribution in [3.63, 3.8) is 0 Å². The van der Waals surface area contributed by atoms with Crippen LogP contribution in [0, 0.1) is 0 Å². The van der Waals surface area contributed by atoms with Crippen LogP contribution in [0.4, 0.5) is 0 Å². The summed E-state index contributed by atoms with van der Waals surface area (Å²) in [7, 11) is 1.67. The van der Waals surface area contributed by atoms with Gasteiger partial charge in [0.15, 0.2) is 0 Å². The number of fused-ring (bicyclic) bond motifs is 1. The second-order valence-electron chi connectivity index (χ2n) is 4.84. The monoisotopic (exact) mass is 474 g/mol. The van der Waals surface area contributed by atoms with Crippen LogP contribution in [0.3, 0.4) is 0 Å². The summed E-state index contributed by atoms with van der Waals surface area (Å²) < 4.78 is 13.1. The molecule has 0 amide bonds. The van der Waals surface area contributed by atoms with E-state index >= 15 is 0 Å². The highest BCUT2D eigenvalue weighted by Crippen LogP contribution is 2.43. The van der Waals surface area contributed by atoms with Crippen LogP contribution >= 0.6 is 47.8 Å². The second kappa shape index (κ2) is 6.31. The van der Waals surface area contributed by atoms with E-state index in [1.165, 1.54) is 5.56 Å². The summed E-state index contributed by atoms with van der Waals surface area (Å²) in [4.78, 5) is 0.0732. The van der Waals surface area contributed by atoms with Gasteiger partial charge in [0.05, 0.1) is 23.0 Å². The highest BCUT2D eigenvalue weighted by molar-refractivity contribution is 9.11. The van der Waals surface area contributed by atoms with Crippen LogP contribution < -0.4 is 9.47 Å². The zero-order chi connectivity index (χ0) is 15.0. The predicted octanol–water partition coefficient (Wildman–Crippen LogP) is 5.64. The third kappa shape index (κ3) is 3.01. The lowest BCUT2D eigenvalue weighted by molar-refractivity contribution is 0.354. The first-order valence-electron chi connectivity index (χ1n) is 6.52. The molecule has 0 N–H and O–H groups in total. The smallest absolute Gasteiger partial charge is 0.133 e. The van der Waals surface area contributed by atoms with Crippen molar-refractivity contribution in [2.45, 2.75) is 11.2 Å². The van der Waals surface area contributed by atoms with E-state index in [0.29, 0.717) is 0 Å². The van der Waals surface area contributed by atoms with Crippen LogP contribution in [-0.4, -0.2) is 13.7 Å². The zero-order valence-corrected chi connectivity index (χ0v) is 16.1. The molecule has 0 radical (unpaired) electrons. The van der Waals surface area contributed by atoms with Crippen molar-refractivity contribution in [3.8, 4) is 11.5 Å². The molecule has 1 aliphatic rings. The molecule has 0 spiro atoms. The molecule has 0 fully saturated rings. The lowest BCUT2D eigenvalue weighted by atomic mass is 10.0. The van der Waals surface area contributed by atoms with E-state index in [-0.39, 0.29) is 4.83 Å². The minimum Gasteiger partial charge on any atom is -0.496 e. The standard InChI is InChI=1S/C16H13Br3O2/c1-20-14-3-2-9(7-13(14)18)15(19)12-8-11(17)6-10-4-5-21-16(10)12/h2-3,6-8,15H,4-5H2,1H3. The lowest BCUT2D eigenvalue weighted by Gasteiger charge is -2.16. The molecule has 5 heteroatoms. The Bertz CT molecular complexity index is 685. The lowest BCUT2D eigenvalue weighted by Crippen LogP contribution is -1.98. The van der Waals surface area contributed by atoms with Crippen LogP contribution in [0.15, 0.2) is 39.3 Å². The first kappa shape index (κ1) is 15.4. The first-order chi connectivity index (χ1) is 10.1. The number of methoxy groups -OCH3 is 1. The number of hydrogen-bond acceptors (Lipinski definition) is 2. The molecular formula is C16H13Br3O2. The summed E-state index contributed by atoms with van der Waals surface area (Å²) in [6, 6.07) is 10.3. The maximum atomic E-state index is 5.82. The van der Waals surface area contributed by atoms with E-state index in [2.05, 4.69) is 72.1 Å². The van der Waals surface area contributed by atoms with Crippen LogP contribution in [0.5, 0.6) is 11.5 Å². The van der Waals surface area contributed by atoms with Gasteiger partial charge in [0.2, 0.25) is 0 Å². The Morgan fingerprint density at radius 3 is 2.71 bits per heavy atom. The topological polar surface area (TPSA) is 18.5 Å². The van der Waals surface area contributed by atoms with Gasteiger partial charge in [0, 0.05) is 16.5 Å². The van der Waals surface area contributed by atoms with Crippen molar-refractivity contribution >= 4 is 47.8 Å². The van der Waals surface area contributed by atoms with Crippen molar-refractivity contribution < 1.29 is 9.47 Å². The first-order valence-corrected chi connectivity index (χ1v) is 9.03. The SMILES string of the molecule is COc1ccc(C(Br)c2cc(Br)cc3c2OCC3)cc1Br. The molecule has 1 atom stereocenters. The Morgan fingerprint density at radius 1 is 1.19 bits per heavy atom. The summed E-state index contributed by atoms with van der Waals surface area (Å²) in [6.07, 6.45) is 0.966. The molecule has 21 heavy (non-hydrogen) atoms. The van der Waals surface area contributed by atoms with E-state index in [9.17, 15) is 0 Å². The number of hydrogen-bond donors (Lipinski definition) is 0. The summed E-state index contributed by atoms with van der Waals surface area (Å²) >= 11 is 10.9. The van der Waals surface area contributed by atoms with Crippen LogP contribution in [0.25, 0.3) is 0 Å². The maximum absolute atomic E-state index is 5.82. The van der Waals surface area contributed by atoms with Gasteiger partial charge in [-0.1, -0.05) is 37.9 Å². The number of rotatable bonds is 3. The van der Waals surface area contributed by atoms with Crippen LogP contribution in [0.1, 0.15) is 21.5 Å². The highest BCUT2D eigenvalue weighted by Gasteiger charge is 2.23. The molecule has 110 valence electrons. The van der Waals surface area contributed by atoms with Gasteiger partial charge in [-0.05, 0) is 51.3 Å². The Balaban J connectivity index is 2.03. The second-order valence-corrected chi connectivity index (χ2v) is 7.52. The van der Waals surface area contributed by atoms with Gasteiger partial charge in [-0.3, -0.25) is 0 Å². The van der Waals surface area contributed by atoms with Gasteiger partial charge in [0.25, 0.3) is 0 Å². The normalized spacial score (nSPS) is 14.5. The third-order valence-corrected chi connectivity index (χ3v) is 5.62. The summed E-state index contributed by atoms with van der Waals surface area (Å²) in [5.74, 6) is 1.83. The number of ether oxygens (including phenoxy) is 2. The minimum absolute atomic E-state index is 0.0732. The number of halogens is 3. The maximum Gasteiger partial charge on any atom is 0.133 e. The van der Waals surface area contributed by atoms with Gasteiger partial charge in [-0.2, -0.15) is 0 Å². The largest absolute Gasteiger partial charge is 0.496 e. The molecule has 0 saturated heterocycles. The Hall–Kier alpha value is -0.520. The molecule has 2 aromatic rings. The van der Waals surface area contributed by atoms with Crippen molar-refractivity contribution in [1.82, 2.24) is 0 Å². The molecule has 2 aromatic carbocycles. The van der Waals surface area contributed by atoms with Crippen molar-refractivity contribution in [2.75, 3.05) is 13.7 Å². The molecule has 2 nitrogen and oxygen atoms in total. The summed E-state index contributed by atoms with van der Waals surface area (Å²) in [6.45, 7) is 0.755. The van der Waals surface area contributed by atoms with Gasteiger partial charge in [-0.25, -0.2) is 0 Å². The van der Waals surface area contributed by atoms with Gasteiger partial charge < -0.3 is 9.47 Å². The van der Waals surface area contributed by atoms with Crippen LogP contribution in [-0.2, 0) is 6.42 Å². The average Bonchev–Trinajstić information content (AvgIpc) is 2.93. The van der Waals surface area contributed by atoms with E-state index < -0.39 is 0 Å².